The molecular weight excluding hydrogens is 202 g/mol. The van der Waals surface area contributed by atoms with Crippen molar-refractivity contribution < 1.29 is 4.74 Å². The van der Waals surface area contributed by atoms with E-state index in [9.17, 15) is 0 Å². The summed E-state index contributed by atoms with van der Waals surface area (Å²) in [5.74, 6) is 1.10. The second kappa shape index (κ2) is 3.91. The van der Waals surface area contributed by atoms with Gasteiger partial charge in [-0.2, -0.15) is 0 Å². The van der Waals surface area contributed by atoms with E-state index < -0.39 is 0 Å². The molecule has 16 heavy (non-hydrogen) atoms. The van der Waals surface area contributed by atoms with Crippen LogP contribution in [0.25, 0.3) is 0 Å². The van der Waals surface area contributed by atoms with Gasteiger partial charge in [-0.3, -0.25) is 4.99 Å². The van der Waals surface area contributed by atoms with E-state index in [4.69, 9.17) is 4.74 Å². The average molecular weight is 223 g/mol. The third-order valence-corrected chi connectivity index (χ3v) is 3.90. The van der Waals surface area contributed by atoms with Gasteiger partial charge < -0.3 is 15.0 Å². The predicted molar refractivity (Wildman–Crippen MR) is 63.6 cm³/mol. The largest absolute Gasteiger partial charge is 0.373 e. The topological polar surface area (TPSA) is 36.9 Å². The van der Waals surface area contributed by atoms with E-state index in [1.165, 1.54) is 12.8 Å². The summed E-state index contributed by atoms with van der Waals surface area (Å²) in [7, 11) is 0. The molecule has 3 aliphatic heterocycles. The Morgan fingerprint density at radius 2 is 2.19 bits per heavy atom. The lowest BCUT2D eigenvalue weighted by Crippen LogP contribution is -2.49. The maximum atomic E-state index is 6.02. The first-order valence-corrected chi connectivity index (χ1v) is 6.47. The highest BCUT2D eigenvalue weighted by Crippen LogP contribution is 2.29. The van der Waals surface area contributed by atoms with Crippen LogP contribution in [0.3, 0.4) is 0 Å². The van der Waals surface area contributed by atoms with Crippen LogP contribution >= 0.6 is 0 Å². The Kier molecular flexibility index (Phi) is 2.54. The number of nitrogens with one attached hydrogen (secondary N) is 1. The van der Waals surface area contributed by atoms with Gasteiger partial charge in [-0.25, -0.2) is 0 Å². The highest BCUT2D eigenvalue weighted by molar-refractivity contribution is 5.83. The third-order valence-electron chi connectivity index (χ3n) is 3.90. The number of nitrogens with zero attached hydrogens (tertiary/aromatic N) is 2. The molecule has 3 aliphatic rings. The summed E-state index contributed by atoms with van der Waals surface area (Å²) in [5, 5.41) is 3.44. The molecular formula is C12H21N3O. The molecule has 2 fully saturated rings. The van der Waals surface area contributed by atoms with Crippen LogP contribution in [0, 0.1) is 0 Å². The lowest BCUT2D eigenvalue weighted by molar-refractivity contribution is 0.00836. The SMILES string of the molecule is CC1CN2C(=NCCC2C2CCC(C)O2)N1. The molecule has 0 aromatic carbocycles. The summed E-state index contributed by atoms with van der Waals surface area (Å²) in [5.41, 5.74) is 0. The average Bonchev–Trinajstić information content (AvgIpc) is 2.82. The summed E-state index contributed by atoms with van der Waals surface area (Å²) in [6.07, 6.45) is 4.44. The smallest absolute Gasteiger partial charge is 0.194 e. The second-order valence-electron chi connectivity index (χ2n) is 5.32. The normalized spacial score (nSPS) is 42.9. The molecule has 0 spiro atoms. The van der Waals surface area contributed by atoms with Gasteiger partial charge >= 0.3 is 0 Å². The molecule has 0 aromatic rings. The Balaban J connectivity index is 1.74. The fraction of sp³-hybridized carbons (Fsp3) is 0.917. The van der Waals surface area contributed by atoms with Crippen LogP contribution < -0.4 is 5.32 Å². The summed E-state index contributed by atoms with van der Waals surface area (Å²) < 4.78 is 6.02. The van der Waals surface area contributed by atoms with Crippen molar-refractivity contribution in [1.29, 1.82) is 0 Å². The molecule has 1 N–H and O–H groups in total. The summed E-state index contributed by atoms with van der Waals surface area (Å²) in [6, 6.07) is 1.08. The Morgan fingerprint density at radius 1 is 1.31 bits per heavy atom. The number of guanidine groups is 1. The molecule has 0 aliphatic carbocycles. The van der Waals surface area contributed by atoms with Gasteiger partial charge in [0.2, 0.25) is 0 Å². The Morgan fingerprint density at radius 3 is 2.94 bits per heavy atom. The molecule has 2 saturated heterocycles. The summed E-state index contributed by atoms with van der Waals surface area (Å²) in [4.78, 5) is 6.99. The molecule has 4 heteroatoms. The molecule has 0 amide bonds. The van der Waals surface area contributed by atoms with Crippen molar-refractivity contribution in [2.45, 2.75) is 57.4 Å². The number of hydrogen-bond acceptors (Lipinski definition) is 4. The predicted octanol–water partition coefficient (Wildman–Crippen LogP) is 0.976. The molecule has 0 radical (unpaired) electrons. The number of aliphatic imine (C=N–C) groups is 1. The lowest BCUT2D eigenvalue weighted by Gasteiger charge is -2.35. The maximum Gasteiger partial charge on any atom is 0.194 e. The molecule has 0 aromatic heterocycles. The van der Waals surface area contributed by atoms with E-state index in [0.717, 1.165) is 25.5 Å². The molecule has 3 rings (SSSR count). The van der Waals surface area contributed by atoms with E-state index >= 15 is 0 Å². The zero-order chi connectivity index (χ0) is 11.1. The monoisotopic (exact) mass is 223 g/mol. The van der Waals surface area contributed by atoms with Gasteiger partial charge in [0.1, 0.15) is 0 Å². The molecule has 4 atom stereocenters. The Hall–Kier alpha value is -0.770. The first-order chi connectivity index (χ1) is 7.74. The Labute approximate surface area is 97.1 Å². The first kappa shape index (κ1) is 10.4. The lowest BCUT2D eigenvalue weighted by atomic mass is 10.0. The first-order valence-electron chi connectivity index (χ1n) is 6.47. The second-order valence-corrected chi connectivity index (χ2v) is 5.32. The van der Waals surface area contributed by atoms with Gasteiger partial charge in [0.05, 0.1) is 18.2 Å². The van der Waals surface area contributed by atoms with Gasteiger partial charge in [0, 0.05) is 19.1 Å². The molecule has 0 saturated carbocycles. The van der Waals surface area contributed by atoms with Crippen LogP contribution in [-0.2, 0) is 4.74 Å². The number of ether oxygens (including phenoxy) is 1. The summed E-state index contributed by atoms with van der Waals surface area (Å²) >= 11 is 0. The van der Waals surface area contributed by atoms with Crippen LogP contribution in [-0.4, -0.2) is 48.2 Å². The highest BCUT2D eigenvalue weighted by Gasteiger charge is 2.39. The minimum absolute atomic E-state index is 0.424. The van der Waals surface area contributed by atoms with Gasteiger partial charge in [0.25, 0.3) is 0 Å². The highest BCUT2D eigenvalue weighted by atomic mass is 16.5. The van der Waals surface area contributed by atoms with E-state index in [-0.39, 0.29) is 0 Å². The summed E-state index contributed by atoms with van der Waals surface area (Å²) in [6.45, 7) is 6.43. The fourth-order valence-electron chi connectivity index (χ4n) is 3.12. The van der Waals surface area contributed by atoms with Gasteiger partial charge in [-0.1, -0.05) is 0 Å². The van der Waals surface area contributed by atoms with Crippen molar-refractivity contribution in [1.82, 2.24) is 10.2 Å². The fourth-order valence-corrected chi connectivity index (χ4v) is 3.12. The van der Waals surface area contributed by atoms with Gasteiger partial charge in [-0.15, -0.1) is 0 Å². The van der Waals surface area contributed by atoms with Crippen LogP contribution in [0.2, 0.25) is 0 Å². The number of fused-ring (bicyclic) bond motifs is 1. The van der Waals surface area contributed by atoms with Crippen molar-refractivity contribution in [2.24, 2.45) is 4.99 Å². The van der Waals surface area contributed by atoms with Crippen molar-refractivity contribution in [2.75, 3.05) is 13.1 Å². The maximum absolute atomic E-state index is 6.02. The third kappa shape index (κ3) is 1.69. The van der Waals surface area contributed by atoms with Crippen LogP contribution in [0.15, 0.2) is 4.99 Å². The van der Waals surface area contributed by atoms with Crippen molar-refractivity contribution in [3.63, 3.8) is 0 Å². The van der Waals surface area contributed by atoms with E-state index in [1.807, 2.05) is 0 Å². The molecule has 90 valence electrons. The molecule has 0 bridgehead atoms. The number of rotatable bonds is 1. The zero-order valence-electron chi connectivity index (χ0n) is 10.1. The zero-order valence-corrected chi connectivity index (χ0v) is 10.1. The van der Waals surface area contributed by atoms with Crippen LogP contribution in [0.1, 0.15) is 33.1 Å². The van der Waals surface area contributed by atoms with E-state index in [0.29, 0.717) is 24.3 Å². The molecule has 3 heterocycles. The quantitative estimate of drug-likeness (QED) is 0.720. The van der Waals surface area contributed by atoms with Gasteiger partial charge in [-0.05, 0) is 33.1 Å². The van der Waals surface area contributed by atoms with E-state index in [1.54, 1.807) is 0 Å². The Bertz CT molecular complexity index is 305. The van der Waals surface area contributed by atoms with Crippen molar-refractivity contribution in [3.05, 3.63) is 0 Å². The minimum Gasteiger partial charge on any atom is -0.373 e. The standard InChI is InChI=1S/C12H21N3O/c1-8-7-15-10(5-6-13-12(15)14-8)11-4-3-9(2)16-11/h8-11H,3-7H2,1-2H3,(H,13,14). The molecule has 4 nitrogen and oxygen atoms in total. The van der Waals surface area contributed by atoms with Gasteiger partial charge in [0.15, 0.2) is 5.96 Å². The van der Waals surface area contributed by atoms with Crippen LogP contribution in [0.5, 0.6) is 0 Å². The molecule has 4 unspecified atom stereocenters. The number of hydrogen-bond donors (Lipinski definition) is 1. The van der Waals surface area contributed by atoms with Crippen molar-refractivity contribution >= 4 is 5.96 Å². The van der Waals surface area contributed by atoms with Crippen molar-refractivity contribution in [3.8, 4) is 0 Å². The van der Waals surface area contributed by atoms with Crippen LogP contribution in [0.4, 0.5) is 0 Å². The minimum atomic E-state index is 0.424. The van der Waals surface area contributed by atoms with E-state index in [2.05, 4.69) is 29.1 Å².